The van der Waals surface area contributed by atoms with Crippen molar-refractivity contribution in [1.29, 1.82) is 0 Å². The molecule has 0 amide bonds. The van der Waals surface area contributed by atoms with Crippen molar-refractivity contribution in [3.8, 4) is 0 Å². The second kappa shape index (κ2) is 2.43. The fraction of sp³-hybridized carbons (Fsp3) is 0.615. The monoisotopic (exact) mass is 202 g/mol. The first-order valence-corrected chi connectivity index (χ1v) is 5.86. The first kappa shape index (κ1) is 8.28. The molecule has 2 heteroatoms. The normalized spacial score (nSPS) is 54.8. The third-order valence-corrected chi connectivity index (χ3v) is 4.75. The quantitative estimate of drug-likeness (QED) is 0.559. The number of carbonyl (C=O) groups excluding carboxylic acids is 1. The van der Waals surface area contributed by atoms with Crippen molar-refractivity contribution in [3.63, 3.8) is 0 Å². The Balaban J connectivity index is 1.84. The van der Waals surface area contributed by atoms with Crippen LogP contribution < -0.4 is 0 Å². The first-order valence-electron chi connectivity index (χ1n) is 5.86. The van der Waals surface area contributed by atoms with Gasteiger partial charge in [-0.3, -0.25) is 4.79 Å². The summed E-state index contributed by atoms with van der Waals surface area (Å²) in [5.41, 5.74) is -0.0667. The van der Waals surface area contributed by atoms with Gasteiger partial charge < -0.3 is 4.74 Å². The number of ketones is 1. The molecule has 2 nitrogen and oxygen atoms in total. The van der Waals surface area contributed by atoms with Crippen LogP contribution in [0.25, 0.3) is 0 Å². The molecule has 5 atom stereocenters. The average Bonchev–Trinajstić information content (AvgIpc) is 2.76. The van der Waals surface area contributed by atoms with Gasteiger partial charge in [0.25, 0.3) is 0 Å². The van der Waals surface area contributed by atoms with Gasteiger partial charge in [-0.25, -0.2) is 0 Å². The summed E-state index contributed by atoms with van der Waals surface area (Å²) in [5, 5.41) is 0. The predicted molar refractivity (Wildman–Crippen MR) is 55.2 cm³/mol. The van der Waals surface area contributed by atoms with E-state index in [9.17, 15) is 4.79 Å². The van der Waals surface area contributed by atoms with Crippen molar-refractivity contribution < 1.29 is 9.53 Å². The van der Waals surface area contributed by atoms with Crippen LogP contribution in [-0.4, -0.2) is 18.0 Å². The Morgan fingerprint density at radius 2 is 2.13 bits per heavy atom. The second-order valence-corrected chi connectivity index (χ2v) is 5.29. The minimum absolute atomic E-state index is 0.0667. The number of ether oxygens (including phenoxy) is 1. The van der Waals surface area contributed by atoms with Gasteiger partial charge in [0.05, 0.1) is 12.2 Å². The fourth-order valence-electron chi connectivity index (χ4n) is 4.05. The lowest BCUT2D eigenvalue weighted by Crippen LogP contribution is -2.55. The molecule has 1 spiro atoms. The van der Waals surface area contributed by atoms with Gasteiger partial charge in [-0.1, -0.05) is 12.2 Å². The molecule has 0 unspecified atom stereocenters. The van der Waals surface area contributed by atoms with Crippen LogP contribution in [-0.2, 0) is 9.53 Å². The van der Waals surface area contributed by atoms with Crippen LogP contribution in [0.3, 0.4) is 0 Å². The molecule has 1 saturated heterocycles. The molecule has 2 bridgehead atoms. The molecule has 4 rings (SSSR count). The zero-order valence-corrected chi connectivity index (χ0v) is 8.56. The third-order valence-electron chi connectivity index (χ3n) is 4.75. The number of carbonyl (C=O) groups is 1. The van der Waals surface area contributed by atoms with Crippen LogP contribution in [0.2, 0.25) is 0 Å². The van der Waals surface area contributed by atoms with Crippen LogP contribution in [0, 0.1) is 23.7 Å². The van der Waals surface area contributed by atoms with E-state index in [1.165, 1.54) is 6.42 Å². The van der Waals surface area contributed by atoms with Crippen LogP contribution in [0.5, 0.6) is 0 Å². The lowest BCUT2D eigenvalue weighted by Gasteiger charge is -2.50. The van der Waals surface area contributed by atoms with Gasteiger partial charge in [0.1, 0.15) is 0 Å². The molecule has 0 radical (unpaired) electrons. The first-order chi connectivity index (χ1) is 7.30. The molecular weight excluding hydrogens is 188 g/mol. The van der Waals surface area contributed by atoms with Crippen LogP contribution >= 0.6 is 0 Å². The highest BCUT2D eigenvalue weighted by Crippen LogP contribution is 2.58. The van der Waals surface area contributed by atoms with E-state index in [2.05, 4.69) is 12.2 Å². The lowest BCUT2D eigenvalue weighted by molar-refractivity contribution is -0.170. The average molecular weight is 202 g/mol. The Morgan fingerprint density at radius 3 is 2.87 bits per heavy atom. The molecule has 0 aromatic heterocycles. The minimum Gasteiger partial charge on any atom is -0.370 e. The van der Waals surface area contributed by atoms with E-state index in [0.29, 0.717) is 23.5 Å². The van der Waals surface area contributed by atoms with Gasteiger partial charge in [-0.15, -0.1) is 0 Å². The molecular formula is C13H14O2. The Morgan fingerprint density at radius 1 is 1.33 bits per heavy atom. The van der Waals surface area contributed by atoms with E-state index >= 15 is 0 Å². The van der Waals surface area contributed by atoms with Crippen molar-refractivity contribution in [2.75, 3.05) is 6.61 Å². The zero-order chi connectivity index (χ0) is 10.0. The van der Waals surface area contributed by atoms with Gasteiger partial charge in [-0.2, -0.15) is 0 Å². The molecule has 0 N–H and O–H groups in total. The Labute approximate surface area is 89.0 Å². The van der Waals surface area contributed by atoms with E-state index in [1.54, 1.807) is 6.08 Å². The van der Waals surface area contributed by atoms with E-state index in [0.717, 1.165) is 13.0 Å². The van der Waals surface area contributed by atoms with Gasteiger partial charge in [0.15, 0.2) is 5.78 Å². The Kier molecular flexibility index (Phi) is 1.34. The van der Waals surface area contributed by atoms with Crippen LogP contribution in [0.1, 0.15) is 12.8 Å². The maximum absolute atomic E-state index is 11.9. The van der Waals surface area contributed by atoms with E-state index in [1.807, 2.05) is 6.08 Å². The molecule has 1 saturated carbocycles. The number of hydrogen-bond acceptors (Lipinski definition) is 2. The predicted octanol–water partition coefficient (Wildman–Crippen LogP) is 1.72. The Bertz CT molecular complexity index is 389. The largest absolute Gasteiger partial charge is 0.370 e. The van der Waals surface area contributed by atoms with E-state index in [-0.39, 0.29) is 11.5 Å². The van der Waals surface area contributed by atoms with Gasteiger partial charge in [0, 0.05) is 18.3 Å². The molecule has 3 aliphatic carbocycles. The molecule has 1 aliphatic heterocycles. The van der Waals surface area contributed by atoms with Crippen molar-refractivity contribution in [1.82, 2.24) is 0 Å². The fourth-order valence-corrected chi connectivity index (χ4v) is 4.05. The maximum Gasteiger partial charge on any atom is 0.159 e. The van der Waals surface area contributed by atoms with Gasteiger partial charge in [0.2, 0.25) is 0 Å². The van der Waals surface area contributed by atoms with Crippen molar-refractivity contribution >= 4 is 5.78 Å². The minimum atomic E-state index is -0.0667. The summed E-state index contributed by atoms with van der Waals surface area (Å²) in [5.74, 6) is 2.09. The summed E-state index contributed by atoms with van der Waals surface area (Å²) in [4.78, 5) is 11.9. The van der Waals surface area contributed by atoms with Crippen molar-refractivity contribution in [3.05, 3.63) is 24.3 Å². The highest BCUT2D eigenvalue weighted by Gasteiger charge is 2.60. The lowest BCUT2D eigenvalue weighted by atomic mass is 9.64. The highest BCUT2D eigenvalue weighted by molar-refractivity contribution is 5.94. The Hall–Kier alpha value is -0.890. The zero-order valence-electron chi connectivity index (χ0n) is 8.56. The molecule has 15 heavy (non-hydrogen) atoms. The number of hydrogen-bond donors (Lipinski definition) is 0. The van der Waals surface area contributed by atoms with Gasteiger partial charge >= 0.3 is 0 Å². The highest BCUT2D eigenvalue weighted by atomic mass is 16.5. The van der Waals surface area contributed by atoms with Gasteiger partial charge in [-0.05, 0) is 30.4 Å². The number of rotatable bonds is 0. The smallest absolute Gasteiger partial charge is 0.159 e. The number of allylic oxidation sites excluding steroid dienone is 3. The van der Waals surface area contributed by atoms with Crippen LogP contribution in [0.4, 0.5) is 0 Å². The summed E-state index contributed by atoms with van der Waals surface area (Å²) in [6, 6.07) is 0. The van der Waals surface area contributed by atoms with Crippen molar-refractivity contribution in [2.45, 2.75) is 18.4 Å². The maximum atomic E-state index is 11.9. The molecule has 2 fully saturated rings. The summed E-state index contributed by atoms with van der Waals surface area (Å²) in [6.07, 6.45) is 10.6. The molecule has 0 aromatic rings. The number of fused-ring (bicyclic) bond motifs is 6. The molecule has 0 aromatic carbocycles. The van der Waals surface area contributed by atoms with E-state index in [4.69, 9.17) is 4.74 Å². The summed E-state index contributed by atoms with van der Waals surface area (Å²) >= 11 is 0. The summed E-state index contributed by atoms with van der Waals surface area (Å²) in [6.45, 7) is 0.864. The van der Waals surface area contributed by atoms with E-state index < -0.39 is 0 Å². The van der Waals surface area contributed by atoms with Crippen LogP contribution in [0.15, 0.2) is 24.3 Å². The third kappa shape index (κ3) is 0.832. The van der Waals surface area contributed by atoms with Crippen molar-refractivity contribution in [2.24, 2.45) is 23.7 Å². The molecule has 78 valence electrons. The summed E-state index contributed by atoms with van der Waals surface area (Å²) in [7, 11) is 0. The topological polar surface area (TPSA) is 26.3 Å². The second-order valence-electron chi connectivity index (χ2n) is 5.29. The summed E-state index contributed by atoms with van der Waals surface area (Å²) < 4.78 is 5.80. The molecule has 1 heterocycles. The molecule has 4 aliphatic rings. The SMILES string of the molecule is O=C1C=C[C@]2(CCO2)[C@@H]2[C@H]1[C@H]1C=C[C@H]2C1. The standard InChI is InChI=1S/C13H14O2/c14-10-3-4-13(5-6-15-13)12-9-2-1-8(7-9)11(10)12/h1-4,8-9,11-12H,5-7H2/t8-,9-,11-,12-,13-/m0/s1.